The lowest BCUT2D eigenvalue weighted by Gasteiger charge is -2.32. The zero-order chi connectivity index (χ0) is 12.1. The number of carbonyl (C=O) groups is 1. The van der Waals surface area contributed by atoms with Gasteiger partial charge in [-0.05, 0) is 25.3 Å². The Morgan fingerprint density at radius 2 is 2.28 bits per heavy atom. The van der Waals surface area contributed by atoms with E-state index in [0.717, 1.165) is 12.5 Å². The van der Waals surface area contributed by atoms with E-state index in [0.29, 0.717) is 32.8 Å². The van der Waals surface area contributed by atoms with Crippen LogP contribution < -0.4 is 5.32 Å². The van der Waals surface area contributed by atoms with Crippen molar-refractivity contribution in [2.75, 3.05) is 46.5 Å². The minimum absolute atomic E-state index is 0. The van der Waals surface area contributed by atoms with Gasteiger partial charge in [0, 0.05) is 20.2 Å². The highest BCUT2D eigenvalue weighted by Crippen LogP contribution is 2.27. The van der Waals surface area contributed by atoms with Crippen molar-refractivity contribution in [2.24, 2.45) is 5.92 Å². The van der Waals surface area contributed by atoms with Gasteiger partial charge in [-0.3, -0.25) is 4.79 Å². The third-order valence-corrected chi connectivity index (χ3v) is 3.25. The fourth-order valence-electron chi connectivity index (χ4n) is 2.05. The van der Waals surface area contributed by atoms with Gasteiger partial charge < -0.3 is 19.7 Å². The summed E-state index contributed by atoms with van der Waals surface area (Å²) in [5.74, 6) is 0.990. The van der Waals surface area contributed by atoms with Crippen molar-refractivity contribution >= 4 is 18.3 Å². The molecule has 1 saturated carbocycles. The van der Waals surface area contributed by atoms with Gasteiger partial charge in [-0.1, -0.05) is 0 Å². The molecule has 1 aliphatic carbocycles. The zero-order valence-corrected chi connectivity index (χ0v) is 11.7. The zero-order valence-electron chi connectivity index (χ0n) is 10.9. The van der Waals surface area contributed by atoms with Gasteiger partial charge in [-0.15, -0.1) is 12.4 Å². The van der Waals surface area contributed by atoms with E-state index in [1.165, 1.54) is 12.8 Å². The lowest BCUT2D eigenvalue weighted by Crippen LogP contribution is -2.49. The van der Waals surface area contributed by atoms with Gasteiger partial charge in [0.05, 0.1) is 25.9 Å². The lowest BCUT2D eigenvalue weighted by atomic mass is 10.2. The number of carbonyl (C=O) groups excluding carboxylic acids is 1. The normalized spacial score (nSPS) is 23.6. The quantitative estimate of drug-likeness (QED) is 0.758. The molecule has 6 heteroatoms. The Morgan fingerprint density at radius 3 is 2.94 bits per heavy atom. The Balaban J connectivity index is 0.00000162. The van der Waals surface area contributed by atoms with E-state index in [2.05, 4.69) is 5.32 Å². The number of amides is 1. The number of nitrogens with zero attached hydrogens (tertiary/aromatic N) is 1. The standard InChI is InChI=1S/C12H22N2O3.ClH/c1-16-9-11-8-14(4-5-17-11)12(15)7-13-6-10-2-3-10;/h10-11,13H,2-9H2,1H3;1H. The van der Waals surface area contributed by atoms with Gasteiger partial charge in [-0.2, -0.15) is 0 Å². The second-order valence-electron chi connectivity index (χ2n) is 4.86. The molecule has 2 fully saturated rings. The van der Waals surface area contributed by atoms with Crippen LogP contribution in [-0.4, -0.2) is 63.4 Å². The van der Waals surface area contributed by atoms with Crippen molar-refractivity contribution in [3.63, 3.8) is 0 Å². The van der Waals surface area contributed by atoms with E-state index in [1.807, 2.05) is 4.90 Å². The molecule has 1 atom stereocenters. The summed E-state index contributed by atoms with van der Waals surface area (Å²) in [5.41, 5.74) is 0. The third kappa shape index (κ3) is 5.10. The number of rotatable bonds is 6. The van der Waals surface area contributed by atoms with E-state index in [9.17, 15) is 4.79 Å². The van der Waals surface area contributed by atoms with E-state index in [1.54, 1.807) is 7.11 Å². The molecular weight excluding hydrogens is 256 g/mol. The largest absolute Gasteiger partial charge is 0.382 e. The first-order chi connectivity index (χ1) is 8.29. The van der Waals surface area contributed by atoms with Gasteiger partial charge in [-0.25, -0.2) is 0 Å². The highest BCUT2D eigenvalue weighted by atomic mass is 35.5. The van der Waals surface area contributed by atoms with E-state index in [4.69, 9.17) is 9.47 Å². The molecule has 1 heterocycles. The van der Waals surface area contributed by atoms with Crippen LogP contribution >= 0.6 is 12.4 Å². The predicted octanol–water partition coefficient (Wildman–Crippen LogP) is 0.282. The van der Waals surface area contributed by atoms with Crippen molar-refractivity contribution in [1.82, 2.24) is 10.2 Å². The molecule has 1 unspecified atom stereocenters. The topological polar surface area (TPSA) is 50.8 Å². The van der Waals surface area contributed by atoms with E-state index >= 15 is 0 Å². The van der Waals surface area contributed by atoms with Crippen molar-refractivity contribution < 1.29 is 14.3 Å². The fraction of sp³-hybridized carbons (Fsp3) is 0.917. The Morgan fingerprint density at radius 1 is 1.50 bits per heavy atom. The highest BCUT2D eigenvalue weighted by Gasteiger charge is 2.25. The first-order valence-electron chi connectivity index (χ1n) is 6.38. The summed E-state index contributed by atoms with van der Waals surface area (Å²) in [4.78, 5) is 13.8. The van der Waals surface area contributed by atoms with Gasteiger partial charge in [0.15, 0.2) is 0 Å². The first kappa shape index (κ1) is 15.7. The van der Waals surface area contributed by atoms with E-state index in [-0.39, 0.29) is 24.4 Å². The van der Waals surface area contributed by atoms with Crippen LogP contribution in [-0.2, 0) is 14.3 Å². The molecule has 1 N–H and O–H groups in total. The van der Waals surface area contributed by atoms with Crippen molar-refractivity contribution in [3.8, 4) is 0 Å². The van der Waals surface area contributed by atoms with Crippen molar-refractivity contribution in [1.29, 1.82) is 0 Å². The summed E-state index contributed by atoms with van der Waals surface area (Å²) in [6, 6.07) is 0. The minimum atomic E-state index is 0. The van der Waals surface area contributed by atoms with Crippen LogP contribution in [0.2, 0.25) is 0 Å². The van der Waals surface area contributed by atoms with Crippen molar-refractivity contribution in [2.45, 2.75) is 18.9 Å². The van der Waals surface area contributed by atoms with Gasteiger partial charge in [0.25, 0.3) is 0 Å². The molecule has 1 saturated heterocycles. The average Bonchev–Trinajstić information content (AvgIpc) is 3.14. The maximum absolute atomic E-state index is 11.9. The maximum Gasteiger partial charge on any atom is 0.236 e. The van der Waals surface area contributed by atoms with Crippen LogP contribution in [0.3, 0.4) is 0 Å². The molecule has 1 amide bonds. The Hall–Kier alpha value is -0.360. The molecule has 0 radical (unpaired) electrons. The fourth-order valence-corrected chi connectivity index (χ4v) is 2.05. The van der Waals surface area contributed by atoms with E-state index < -0.39 is 0 Å². The average molecular weight is 279 g/mol. The number of nitrogens with one attached hydrogen (secondary N) is 1. The molecule has 0 bridgehead atoms. The minimum Gasteiger partial charge on any atom is -0.382 e. The molecule has 0 aromatic heterocycles. The summed E-state index contributed by atoms with van der Waals surface area (Å²) in [6.07, 6.45) is 2.66. The molecular formula is C12H23ClN2O3. The predicted molar refractivity (Wildman–Crippen MR) is 71.0 cm³/mol. The maximum atomic E-state index is 11.9. The number of methoxy groups -OCH3 is 1. The molecule has 2 aliphatic rings. The molecule has 1 aliphatic heterocycles. The van der Waals surface area contributed by atoms with Crippen LogP contribution in [0.15, 0.2) is 0 Å². The monoisotopic (exact) mass is 278 g/mol. The Bertz CT molecular complexity index is 260. The van der Waals surface area contributed by atoms with Gasteiger partial charge >= 0.3 is 0 Å². The summed E-state index contributed by atoms with van der Waals surface area (Å²) < 4.78 is 10.6. The third-order valence-electron chi connectivity index (χ3n) is 3.25. The summed E-state index contributed by atoms with van der Waals surface area (Å²) in [6.45, 7) is 3.96. The smallest absolute Gasteiger partial charge is 0.236 e. The number of morpholine rings is 1. The highest BCUT2D eigenvalue weighted by molar-refractivity contribution is 5.85. The number of ether oxygens (including phenoxy) is 2. The van der Waals surface area contributed by atoms with Gasteiger partial charge in [0.2, 0.25) is 5.91 Å². The first-order valence-corrected chi connectivity index (χ1v) is 6.38. The second kappa shape index (κ2) is 7.94. The van der Waals surface area contributed by atoms with Crippen LogP contribution in [0, 0.1) is 5.92 Å². The summed E-state index contributed by atoms with van der Waals surface area (Å²) in [5, 5.41) is 3.23. The number of hydrogen-bond donors (Lipinski definition) is 1. The van der Waals surface area contributed by atoms with Crippen LogP contribution in [0.1, 0.15) is 12.8 Å². The number of hydrogen-bond acceptors (Lipinski definition) is 4. The lowest BCUT2D eigenvalue weighted by molar-refractivity contribution is -0.139. The molecule has 0 spiro atoms. The number of halogens is 1. The molecule has 0 aromatic carbocycles. The molecule has 5 nitrogen and oxygen atoms in total. The molecule has 106 valence electrons. The Labute approximate surface area is 115 Å². The SMILES string of the molecule is COCC1CN(C(=O)CNCC2CC2)CCO1.Cl. The van der Waals surface area contributed by atoms with Crippen LogP contribution in [0.25, 0.3) is 0 Å². The van der Waals surface area contributed by atoms with Crippen molar-refractivity contribution in [3.05, 3.63) is 0 Å². The summed E-state index contributed by atoms with van der Waals surface area (Å²) in [7, 11) is 1.65. The Kier molecular flexibility index (Phi) is 6.92. The van der Waals surface area contributed by atoms with Crippen LogP contribution in [0.4, 0.5) is 0 Å². The van der Waals surface area contributed by atoms with Gasteiger partial charge in [0.1, 0.15) is 0 Å². The molecule has 18 heavy (non-hydrogen) atoms. The summed E-state index contributed by atoms with van der Waals surface area (Å²) >= 11 is 0. The van der Waals surface area contributed by atoms with Crippen LogP contribution in [0.5, 0.6) is 0 Å². The second-order valence-corrected chi connectivity index (χ2v) is 4.86. The molecule has 0 aromatic rings. The molecule has 2 rings (SSSR count).